The third-order valence-corrected chi connectivity index (χ3v) is 6.90. The van der Waals surface area contributed by atoms with Crippen LogP contribution >= 0.6 is 23.2 Å². The maximum Gasteiger partial charge on any atom is 0.233 e. The third-order valence-electron chi connectivity index (χ3n) is 6.18. The number of piperidine rings is 1. The Kier molecular flexibility index (Phi) is 7.78. The molecule has 0 spiro atoms. The van der Waals surface area contributed by atoms with Crippen molar-refractivity contribution in [2.45, 2.75) is 31.9 Å². The summed E-state index contributed by atoms with van der Waals surface area (Å²) in [5.41, 5.74) is 8.04. The van der Waals surface area contributed by atoms with Crippen molar-refractivity contribution in [3.05, 3.63) is 58.2 Å². The number of carbonyl (C=O) groups is 1. The van der Waals surface area contributed by atoms with E-state index in [0.29, 0.717) is 22.9 Å². The van der Waals surface area contributed by atoms with Gasteiger partial charge in [0.05, 0.1) is 23.8 Å². The van der Waals surface area contributed by atoms with Gasteiger partial charge in [-0.05, 0) is 38.0 Å². The fourth-order valence-electron chi connectivity index (χ4n) is 4.18. The van der Waals surface area contributed by atoms with Crippen LogP contribution in [-0.2, 0) is 4.79 Å². The maximum atomic E-state index is 14.0. The lowest BCUT2D eigenvalue weighted by Gasteiger charge is -2.31. The van der Waals surface area contributed by atoms with Crippen LogP contribution < -0.4 is 15.8 Å². The Morgan fingerprint density at radius 3 is 2.74 bits per heavy atom. The van der Waals surface area contributed by atoms with Gasteiger partial charge in [-0.15, -0.1) is 0 Å². The van der Waals surface area contributed by atoms with E-state index in [1.165, 1.54) is 12.1 Å². The minimum Gasteiger partial charge on any atom is -0.482 e. The second kappa shape index (κ2) is 10.8. The van der Waals surface area contributed by atoms with Crippen LogP contribution in [0.1, 0.15) is 37.5 Å². The first kappa shape index (κ1) is 25.2. The SMILES string of the molecule is CNC(=O)CN1CCC(n2cc(-c3cnc(N)c(O[C@H](C)c4c(Cl)ccc(F)c4Cl)c3)cn2)CC1. The van der Waals surface area contributed by atoms with Crippen LogP contribution in [0.5, 0.6) is 5.75 Å². The molecule has 3 heterocycles. The number of pyridine rings is 1. The van der Waals surface area contributed by atoms with Crippen LogP contribution in [-0.4, -0.2) is 52.3 Å². The lowest BCUT2D eigenvalue weighted by Crippen LogP contribution is -2.41. The van der Waals surface area contributed by atoms with Crippen LogP contribution in [0, 0.1) is 5.82 Å². The summed E-state index contributed by atoms with van der Waals surface area (Å²) in [6.07, 6.45) is 6.55. The Balaban J connectivity index is 1.47. The minimum atomic E-state index is -0.659. The van der Waals surface area contributed by atoms with Gasteiger partial charge in [0.2, 0.25) is 5.91 Å². The topological polar surface area (TPSA) is 98.3 Å². The summed E-state index contributed by atoms with van der Waals surface area (Å²) in [5, 5.41) is 7.43. The quantitative estimate of drug-likeness (QED) is 0.445. The molecule has 1 saturated heterocycles. The molecule has 1 amide bonds. The molecule has 1 atom stereocenters. The Bertz CT molecular complexity index is 1210. The van der Waals surface area contributed by atoms with Gasteiger partial charge in [-0.2, -0.15) is 5.10 Å². The fraction of sp³-hybridized carbons (Fsp3) is 0.375. The molecule has 186 valence electrons. The monoisotopic (exact) mass is 520 g/mol. The average molecular weight is 521 g/mol. The van der Waals surface area contributed by atoms with Crippen molar-refractivity contribution in [3.8, 4) is 16.9 Å². The molecule has 3 aromatic rings. The minimum absolute atomic E-state index is 0.0231. The van der Waals surface area contributed by atoms with Crippen molar-refractivity contribution in [1.82, 2.24) is 25.0 Å². The lowest BCUT2D eigenvalue weighted by atomic mass is 10.1. The number of halogens is 3. The Morgan fingerprint density at radius 1 is 1.29 bits per heavy atom. The smallest absolute Gasteiger partial charge is 0.233 e. The van der Waals surface area contributed by atoms with Crippen molar-refractivity contribution < 1.29 is 13.9 Å². The average Bonchev–Trinajstić information content (AvgIpc) is 3.34. The highest BCUT2D eigenvalue weighted by Crippen LogP contribution is 2.37. The van der Waals surface area contributed by atoms with Gasteiger partial charge in [-0.25, -0.2) is 9.37 Å². The molecular weight excluding hydrogens is 494 g/mol. The first-order valence-corrected chi connectivity index (χ1v) is 12.1. The second-order valence-electron chi connectivity index (χ2n) is 8.51. The van der Waals surface area contributed by atoms with Crippen LogP contribution in [0.25, 0.3) is 11.1 Å². The molecule has 0 aliphatic carbocycles. The number of ether oxygens (including phenoxy) is 1. The lowest BCUT2D eigenvalue weighted by molar-refractivity contribution is -0.122. The number of aromatic nitrogens is 3. The Labute approximate surface area is 213 Å². The largest absolute Gasteiger partial charge is 0.482 e. The van der Waals surface area contributed by atoms with Crippen molar-refractivity contribution in [2.24, 2.45) is 0 Å². The molecule has 0 radical (unpaired) electrons. The summed E-state index contributed by atoms with van der Waals surface area (Å²) in [6, 6.07) is 4.67. The summed E-state index contributed by atoms with van der Waals surface area (Å²) in [7, 11) is 1.65. The van der Waals surface area contributed by atoms with Crippen molar-refractivity contribution in [2.75, 3.05) is 32.4 Å². The van der Waals surface area contributed by atoms with E-state index >= 15 is 0 Å². The van der Waals surface area contributed by atoms with E-state index in [9.17, 15) is 9.18 Å². The number of nitrogens with zero attached hydrogens (tertiary/aromatic N) is 4. The van der Waals surface area contributed by atoms with E-state index in [-0.39, 0.29) is 22.8 Å². The van der Waals surface area contributed by atoms with Gasteiger partial charge in [-0.3, -0.25) is 14.4 Å². The number of benzene rings is 1. The third kappa shape index (κ3) is 5.69. The summed E-state index contributed by atoms with van der Waals surface area (Å²) < 4.78 is 21.9. The molecule has 35 heavy (non-hydrogen) atoms. The first-order valence-electron chi connectivity index (χ1n) is 11.3. The fourth-order valence-corrected chi connectivity index (χ4v) is 4.86. The molecule has 1 aromatic carbocycles. The van der Waals surface area contributed by atoms with Gasteiger partial charge in [0.15, 0.2) is 11.6 Å². The van der Waals surface area contributed by atoms with E-state index in [1.54, 1.807) is 32.4 Å². The highest BCUT2D eigenvalue weighted by Gasteiger charge is 2.23. The van der Waals surface area contributed by atoms with E-state index in [1.807, 2.05) is 10.9 Å². The molecule has 0 unspecified atom stereocenters. The number of likely N-dealkylation sites (N-methyl/N-ethyl adjacent to an activating group) is 1. The molecule has 2 aromatic heterocycles. The van der Waals surface area contributed by atoms with E-state index in [4.69, 9.17) is 33.7 Å². The summed E-state index contributed by atoms with van der Waals surface area (Å²) in [5.74, 6) is -0.0232. The van der Waals surface area contributed by atoms with Gasteiger partial charge < -0.3 is 15.8 Å². The number of likely N-dealkylation sites (tertiary alicyclic amines) is 1. The number of hydrogen-bond acceptors (Lipinski definition) is 6. The van der Waals surface area contributed by atoms with E-state index in [0.717, 1.165) is 37.1 Å². The summed E-state index contributed by atoms with van der Waals surface area (Å²) in [6.45, 7) is 3.79. The number of carbonyl (C=O) groups excluding carboxylic acids is 1. The maximum absolute atomic E-state index is 14.0. The molecule has 0 bridgehead atoms. The number of nitrogens with two attached hydrogens (primary N) is 1. The number of anilines is 1. The second-order valence-corrected chi connectivity index (χ2v) is 9.30. The van der Waals surface area contributed by atoms with Gasteiger partial charge in [0.1, 0.15) is 11.9 Å². The van der Waals surface area contributed by atoms with Crippen LogP contribution in [0.2, 0.25) is 10.0 Å². The van der Waals surface area contributed by atoms with Gasteiger partial charge in [-0.1, -0.05) is 23.2 Å². The Hall–Kier alpha value is -2.88. The zero-order valence-corrected chi connectivity index (χ0v) is 21.0. The number of rotatable bonds is 7. The molecular formula is C24H27Cl2FN6O2. The molecule has 11 heteroatoms. The van der Waals surface area contributed by atoms with Crippen LogP contribution in [0.15, 0.2) is 36.8 Å². The molecule has 1 aliphatic heterocycles. The van der Waals surface area contributed by atoms with Crippen molar-refractivity contribution >= 4 is 34.9 Å². The normalized spacial score (nSPS) is 15.7. The standard InChI is InChI=1S/C24H27Cl2FN6O2/c1-14(22-18(25)3-4-19(27)23(22)26)35-20-9-15(10-30-24(20)28)16-11-31-33(12-16)17-5-7-32(8-6-17)13-21(34)29-2/h3-4,9-12,14,17H,5-8,13H2,1-2H3,(H2,28,30)(H,29,34)/t14-/m1/s1. The zero-order valence-electron chi connectivity index (χ0n) is 19.5. The summed E-state index contributed by atoms with van der Waals surface area (Å²) >= 11 is 12.4. The molecule has 4 rings (SSSR count). The van der Waals surface area contributed by atoms with Gasteiger partial charge >= 0.3 is 0 Å². The number of nitrogen functional groups attached to an aromatic ring is 1. The summed E-state index contributed by atoms with van der Waals surface area (Å²) in [4.78, 5) is 18.0. The molecule has 1 aliphatic rings. The molecule has 0 saturated carbocycles. The van der Waals surface area contributed by atoms with Gasteiger partial charge in [0, 0.05) is 54.2 Å². The molecule has 1 fully saturated rings. The van der Waals surface area contributed by atoms with E-state index < -0.39 is 11.9 Å². The van der Waals surface area contributed by atoms with Gasteiger partial charge in [0.25, 0.3) is 0 Å². The number of amides is 1. The number of hydrogen-bond donors (Lipinski definition) is 2. The van der Waals surface area contributed by atoms with Crippen LogP contribution in [0.3, 0.4) is 0 Å². The molecule has 8 nitrogen and oxygen atoms in total. The predicted molar refractivity (Wildman–Crippen MR) is 134 cm³/mol. The van der Waals surface area contributed by atoms with Crippen molar-refractivity contribution in [1.29, 1.82) is 0 Å². The first-order chi connectivity index (χ1) is 16.8. The van der Waals surface area contributed by atoms with E-state index in [2.05, 4.69) is 20.3 Å². The zero-order chi connectivity index (χ0) is 25.1. The Morgan fingerprint density at radius 2 is 2.03 bits per heavy atom. The van der Waals surface area contributed by atoms with Crippen LogP contribution in [0.4, 0.5) is 10.2 Å². The highest BCUT2D eigenvalue weighted by molar-refractivity contribution is 6.36. The van der Waals surface area contributed by atoms with Crippen molar-refractivity contribution in [3.63, 3.8) is 0 Å². The predicted octanol–water partition coefficient (Wildman–Crippen LogP) is 4.50. The molecule has 3 N–H and O–H groups in total. The number of nitrogens with one attached hydrogen (secondary N) is 1. The highest BCUT2D eigenvalue weighted by atomic mass is 35.5.